The second-order valence-corrected chi connectivity index (χ2v) is 5.20. The van der Waals surface area contributed by atoms with Crippen LogP contribution >= 0.6 is 11.6 Å². The number of rotatable bonds is 1. The largest absolute Gasteiger partial charge is 0.323 e. The van der Waals surface area contributed by atoms with E-state index < -0.39 is 28.5 Å². The maximum atomic E-state index is 13.6. The lowest BCUT2D eigenvalue weighted by Crippen LogP contribution is -2.76. The highest BCUT2D eigenvalue weighted by molar-refractivity contribution is 6.41. The Morgan fingerprint density at radius 3 is 2.71 bits per heavy atom. The first-order valence-corrected chi connectivity index (χ1v) is 6.45. The highest BCUT2D eigenvalue weighted by Crippen LogP contribution is 2.50. The quantitative estimate of drug-likeness (QED) is 0.609. The number of carbonyl (C=O) groups is 2. The number of benzene rings is 1. The molecule has 0 aliphatic carbocycles. The van der Waals surface area contributed by atoms with Crippen LogP contribution in [-0.2, 0) is 15.1 Å². The molecule has 0 bridgehead atoms. The van der Waals surface area contributed by atoms with Crippen LogP contribution in [0.15, 0.2) is 30.9 Å². The van der Waals surface area contributed by atoms with Crippen LogP contribution < -0.4 is 10.3 Å². The molecule has 1 spiro atoms. The average molecular weight is 308 g/mol. The summed E-state index contributed by atoms with van der Waals surface area (Å²) in [5, 5.41) is 9.85. The number of hydrogen-bond donors (Lipinski definition) is 1. The predicted molar refractivity (Wildman–Crippen MR) is 69.6 cm³/mol. The molecule has 4 rings (SSSR count). The van der Waals surface area contributed by atoms with Gasteiger partial charge in [-0.2, -0.15) is 0 Å². The third-order valence-corrected chi connectivity index (χ3v) is 4.25. The van der Waals surface area contributed by atoms with E-state index >= 15 is 0 Å². The van der Waals surface area contributed by atoms with Crippen molar-refractivity contribution in [3.63, 3.8) is 0 Å². The third-order valence-electron chi connectivity index (χ3n) is 3.75. The second kappa shape index (κ2) is 3.79. The van der Waals surface area contributed by atoms with Crippen LogP contribution in [0.5, 0.6) is 0 Å². The van der Waals surface area contributed by atoms with E-state index in [1.807, 2.05) is 0 Å². The summed E-state index contributed by atoms with van der Waals surface area (Å²) in [4.78, 5) is 24.5. The Bertz CT molecular complexity index is 780. The van der Waals surface area contributed by atoms with Crippen LogP contribution in [0.2, 0.25) is 0 Å². The van der Waals surface area contributed by atoms with Crippen molar-refractivity contribution < 1.29 is 14.0 Å². The van der Waals surface area contributed by atoms with E-state index in [0.29, 0.717) is 11.3 Å². The Hall–Kier alpha value is -2.48. The lowest BCUT2D eigenvalue weighted by molar-refractivity contribution is -0.139. The molecule has 2 aliphatic heterocycles. The first kappa shape index (κ1) is 12.3. The number of nitrogens with one attached hydrogen (secondary N) is 1. The van der Waals surface area contributed by atoms with E-state index in [4.69, 9.17) is 11.6 Å². The van der Waals surface area contributed by atoms with Gasteiger partial charge in [-0.05, 0) is 18.2 Å². The molecular weight excluding hydrogens is 301 g/mol. The van der Waals surface area contributed by atoms with Crippen LogP contribution in [0, 0.1) is 5.82 Å². The SMILES string of the molecule is O=C1C(Cl)C2(C(=O)Nc3ccc(F)cc32)N1n1cnnc1. The average Bonchev–Trinajstić information content (AvgIpc) is 3.07. The van der Waals surface area contributed by atoms with Gasteiger partial charge >= 0.3 is 0 Å². The van der Waals surface area contributed by atoms with Gasteiger partial charge in [-0.3, -0.25) is 9.59 Å². The summed E-state index contributed by atoms with van der Waals surface area (Å²) in [5.74, 6) is -1.49. The van der Waals surface area contributed by atoms with Gasteiger partial charge in [0.2, 0.25) is 0 Å². The van der Waals surface area contributed by atoms with Crippen molar-refractivity contribution in [2.75, 3.05) is 10.3 Å². The van der Waals surface area contributed by atoms with Gasteiger partial charge in [0, 0.05) is 11.3 Å². The van der Waals surface area contributed by atoms with E-state index in [0.717, 1.165) is 5.01 Å². The van der Waals surface area contributed by atoms with E-state index in [1.165, 1.54) is 35.5 Å². The molecule has 1 aromatic carbocycles. The zero-order chi connectivity index (χ0) is 14.8. The second-order valence-electron chi connectivity index (χ2n) is 4.76. The number of amides is 2. The molecule has 1 aromatic heterocycles. The zero-order valence-electron chi connectivity index (χ0n) is 10.3. The molecule has 2 atom stereocenters. The number of nitrogens with zero attached hydrogens (tertiary/aromatic N) is 4. The van der Waals surface area contributed by atoms with Crippen molar-refractivity contribution in [1.29, 1.82) is 0 Å². The van der Waals surface area contributed by atoms with E-state index in [9.17, 15) is 14.0 Å². The maximum absolute atomic E-state index is 13.6. The van der Waals surface area contributed by atoms with Gasteiger partial charge < -0.3 is 5.32 Å². The monoisotopic (exact) mass is 307 g/mol. The first-order valence-electron chi connectivity index (χ1n) is 6.01. The summed E-state index contributed by atoms with van der Waals surface area (Å²) < 4.78 is 14.8. The Balaban J connectivity index is 1.96. The number of fused-ring (bicyclic) bond motifs is 2. The van der Waals surface area contributed by atoms with Crippen molar-refractivity contribution >= 4 is 29.1 Å². The lowest BCUT2D eigenvalue weighted by atomic mass is 9.79. The summed E-state index contributed by atoms with van der Waals surface area (Å²) in [6.07, 6.45) is 2.54. The van der Waals surface area contributed by atoms with E-state index in [1.54, 1.807) is 0 Å². The van der Waals surface area contributed by atoms with Crippen LogP contribution in [0.25, 0.3) is 0 Å². The Morgan fingerprint density at radius 2 is 2.00 bits per heavy atom. The summed E-state index contributed by atoms with van der Waals surface area (Å²) in [5.41, 5.74) is -0.739. The maximum Gasteiger partial charge on any atom is 0.264 e. The summed E-state index contributed by atoms with van der Waals surface area (Å²) in [6, 6.07) is 3.87. The zero-order valence-corrected chi connectivity index (χ0v) is 11.1. The van der Waals surface area contributed by atoms with Crippen molar-refractivity contribution in [3.8, 4) is 0 Å². The minimum atomic E-state index is -1.49. The Labute approximate surface area is 122 Å². The first-order chi connectivity index (χ1) is 10.1. The molecule has 2 unspecified atom stereocenters. The molecular formula is C12H7ClFN5O2. The van der Waals surface area contributed by atoms with Crippen LogP contribution in [-0.4, -0.2) is 32.1 Å². The van der Waals surface area contributed by atoms with Crippen LogP contribution in [0.3, 0.4) is 0 Å². The standard InChI is InChI=1S/C12H7ClFN5O2/c13-9-10(20)19(18-4-15-16-5-18)12(9)7-3-6(14)1-2-8(7)17-11(12)21/h1-5,9H,(H,17,21). The number of alkyl halides is 1. The number of hydrogen-bond acceptors (Lipinski definition) is 4. The fraction of sp³-hybridized carbons (Fsp3) is 0.167. The van der Waals surface area contributed by atoms with Gasteiger partial charge in [0.15, 0.2) is 10.9 Å². The van der Waals surface area contributed by atoms with Crippen molar-refractivity contribution in [3.05, 3.63) is 42.2 Å². The molecule has 7 nitrogen and oxygen atoms in total. The van der Waals surface area contributed by atoms with Gasteiger partial charge in [0.25, 0.3) is 11.8 Å². The molecule has 0 saturated carbocycles. The van der Waals surface area contributed by atoms with Crippen molar-refractivity contribution in [2.24, 2.45) is 0 Å². The van der Waals surface area contributed by atoms with E-state index in [2.05, 4.69) is 15.5 Å². The van der Waals surface area contributed by atoms with Gasteiger partial charge in [-0.1, -0.05) is 0 Å². The smallest absolute Gasteiger partial charge is 0.264 e. The number of halogens is 2. The van der Waals surface area contributed by atoms with E-state index in [-0.39, 0.29) is 0 Å². The van der Waals surface area contributed by atoms with Crippen molar-refractivity contribution in [1.82, 2.24) is 14.9 Å². The van der Waals surface area contributed by atoms with Gasteiger partial charge in [-0.25, -0.2) is 14.1 Å². The summed E-state index contributed by atoms with van der Waals surface area (Å²) >= 11 is 6.12. The molecule has 9 heteroatoms. The highest BCUT2D eigenvalue weighted by atomic mass is 35.5. The molecule has 1 fully saturated rings. The fourth-order valence-electron chi connectivity index (χ4n) is 2.84. The number of anilines is 1. The third kappa shape index (κ3) is 1.28. The normalized spacial score (nSPS) is 26.8. The lowest BCUT2D eigenvalue weighted by Gasteiger charge is -2.50. The van der Waals surface area contributed by atoms with Gasteiger partial charge in [-0.15, -0.1) is 21.8 Å². The molecule has 2 amide bonds. The Morgan fingerprint density at radius 1 is 1.29 bits per heavy atom. The number of β-lactam (4-membered cyclic amide) rings is 1. The fourth-order valence-corrected chi connectivity index (χ4v) is 3.24. The van der Waals surface area contributed by atoms with Gasteiger partial charge in [0.1, 0.15) is 18.5 Å². The number of carbonyl (C=O) groups excluding carboxylic acids is 2. The molecule has 3 heterocycles. The summed E-state index contributed by atoms with van der Waals surface area (Å²) in [6.45, 7) is 0. The molecule has 2 aliphatic rings. The number of aromatic nitrogens is 3. The minimum absolute atomic E-state index is 0.320. The van der Waals surface area contributed by atoms with Crippen LogP contribution in [0.1, 0.15) is 5.56 Å². The molecule has 1 saturated heterocycles. The molecule has 2 aromatic rings. The molecule has 0 radical (unpaired) electrons. The van der Waals surface area contributed by atoms with Gasteiger partial charge in [0.05, 0.1) is 0 Å². The topological polar surface area (TPSA) is 80.1 Å². The molecule has 106 valence electrons. The molecule has 1 N–H and O–H groups in total. The summed E-state index contributed by atoms with van der Waals surface area (Å²) in [7, 11) is 0. The highest BCUT2D eigenvalue weighted by Gasteiger charge is 2.70. The minimum Gasteiger partial charge on any atom is -0.323 e. The Kier molecular flexibility index (Phi) is 2.22. The predicted octanol–water partition coefficient (Wildman–Crippen LogP) is 0.350. The van der Waals surface area contributed by atoms with Crippen LogP contribution in [0.4, 0.5) is 10.1 Å². The van der Waals surface area contributed by atoms with Crippen molar-refractivity contribution in [2.45, 2.75) is 10.9 Å². The molecule has 21 heavy (non-hydrogen) atoms.